The molecule has 0 spiro atoms. The molecule has 9 heteroatoms. The van der Waals surface area contributed by atoms with Crippen molar-refractivity contribution in [2.45, 2.75) is 118 Å². The number of nitrogens with one attached hydrogen (secondary N) is 2. The van der Waals surface area contributed by atoms with Crippen LogP contribution in [0.3, 0.4) is 0 Å². The van der Waals surface area contributed by atoms with Gasteiger partial charge in [0.1, 0.15) is 17.7 Å². The number of aryl methyl sites for hydroxylation is 1. The molecule has 0 aliphatic rings. The molecule has 1 rings (SSSR count). The quantitative estimate of drug-likeness (QED) is 0.256. The van der Waals surface area contributed by atoms with Crippen molar-refractivity contribution in [2.24, 2.45) is 5.73 Å². The van der Waals surface area contributed by atoms with Crippen molar-refractivity contribution in [3.63, 3.8) is 0 Å². The number of benzene rings is 1. The Morgan fingerprint density at radius 2 is 1.62 bits per heavy atom. The monoisotopic (exact) mass is 546 g/mol. The zero-order valence-electron chi connectivity index (χ0n) is 25.0. The van der Waals surface area contributed by atoms with Gasteiger partial charge >= 0.3 is 6.09 Å². The van der Waals surface area contributed by atoms with Gasteiger partial charge in [-0.15, -0.1) is 0 Å². The molecule has 4 N–H and O–H groups in total. The van der Waals surface area contributed by atoms with E-state index >= 15 is 0 Å². The van der Waals surface area contributed by atoms with E-state index in [1.807, 2.05) is 32.0 Å². The number of nitrogens with zero attached hydrogens (tertiary/aromatic N) is 1. The second-order valence-electron chi connectivity index (χ2n) is 11.2. The van der Waals surface area contributed by atoms with Crippen molar-refractivity contribution < 1.29 is 23.9 Å². The molecule has 0 aliphatic heterocycles. The lowest BCUT2D eigenvalue weighted by molar-refractivity contribution is -0.143. The third-order valence-electron chi connectivity index (χ3n) is 6.51. The Balaban J connectivity index is 3.53. The van der Waals surface area contributed by atoms with Crippen molar-refractivity contribution >= 4 is 23.8 Å². The highest BCUT2D eigenvalue weighted by Crippen LogP contribution is 2.28. The molecule has 0 radical (unpaired) electrons. The maximum absolute atomic E-state index is 14.1. The third-order valence-corrected chi connectivity index (χ3v) is 6.51. The normalized spacial score (nSPS) is 12.8. The summed E-state index contributed by atoms with van der Waals surface area (Å²) in [7, 11) is 0. The van der Waals surface area contributed by atoms with Crippen LogP contribution >= 0.6 is 0 Å². The van der Waals surface area contributed by atoms with Crippen LogP contribution in [0.25, 0.3) is 0 Å². The number of nitrogens with two attached hydrogens (primary N) is 1. The van der Waals surface area contributed by atoms with Gasteiger partial charge in [-0.1, -0.05) is 64.2 Å². The van der Waals surface area contributed by atoms with Crippen molar-refractivity contribution in [3.8, 4) is 0 Å². The Morgan fingerprint density at radius 3 is 2.21 bits per heavy atom. The molecule has 4 amide bonds. The second kappa shape index (κ2) is 16.8. The van der Waals surface area contributed by atoms with Crippen LogP contribution < -0.4 is 16.4 Å². The van der Waals surface area contributed by atoms with Gasteiger partial charge in [-0.2, -0.15) is 0 Å². The molecule has 39 heavy (non-hydrogen) atoms. The highest BCUT2D eigenvalue weighted by Gasteiger charge is 2.37. The number of amides is 4. The van der Waals surface area contributed by atoms with Crippen LogP contribution in [0, 0.1) is 13.8 Å². The van der Waals surface area contributed by atoms with Crippen LogP contribution in [0.5, 0.6) is 0 Å². The Kier molecular flexibility index (Phi) is 14.6. The zero-order chi connectivity index (χ0) is 29.6. The average molecular weight is 547 g/mol. The van der Waals surface area contributed by atoms with E-state index in [2.05, 4.69) is 24.5 Å². The van der Waals surface area contributed by atoms with Crippen LogP contribution in [-0.4, -0.2) is 53.4 Å². The van der Waals surface area contributed by atoms with E-state index in [0.717, 1.165) is 49.7 Å². The lowest BCUT2D eigenvalue weighted by Crippen LogP contribution is -2.54. The fourth-order valence-electron chi connectivity index (χ4n) is 4.33. The van der Waals surface area contributed by atoms with Gasteiger partial charge in [-0.3, -0.25) is 14.4 Å². The first-order valence-corrected chi connectivity index (χ1v) is 14.2. The van der Waals surface area contributed by atoms with Gasteiger partial charge in [0.2, 0.25) is 17.7 Å². The van der Waals surface area contributed by atoms with Gasteiger partial charge in [0.25, 0.3) is 0 Å². The van der Waals surface area contributed by atoms with Crippen LogP contribution in [0.1, 0.15) is 109 Å². The van der Waals surface area contributed by atoms with Crippen LogP contribution in [0.4, 0.5) is 4.79 Å². The molecule has 2 atom stereocenters. The summed E-state index contributed by atoms with van der Waals surface area (Å²) in [5.41, 5.74) is 7.29. The molecular weight excluding hydrogens is 496 g/mol. The molecule has 0 saturated carbocycles. The molecule has 0 saturated heterocycles. The number of carbonyl (C=O) groups is 4. The summed E-state index contributed by atoms with van der Waals surface area (Å²) in [6.45, 7) is 14.0. The second-order valence-corrected chi connectivity index (χ2v) is 11.2. The van der Waals surface area contributed by atoms with Crippen molar-refractivity contribution in [2.75, 3.05) is 13.1 Å². The molecule has 0 aliphatic carbocycles. The molecular formula is C30H50N4O5. The molecule has 1 aromatic carbocycles. The van der Waals surface area contributed by atoms with Gasteiger partial charge in [0.15, 0.2) is 0 Å². The Morgan fingerprint density at radius 1 is 0.974 bits per heavy atom. The largest absolute Gasteiger partial charge is 0.444 e. The van der Waals surface area contributed by atoms with Crippen LogP contribution in [-0.2, 0) is 19.1 Å². The first-order valence-electron chi connectivity index (χ1n) is 14.2. The summed E-state index contributed by atoms with van der Waals surface area (Å²) in [5.74, 6) is -1.59. The number of rotatable bonds is 16. The highest BCUT2D eigenvalue weighted by molar-refractivity contribution is 5.94. The Bertz CT molecular complexity index is 957. The number of ether oxygens (including phenoxy) is 1. The molecule has 220 valence electrons. The minimum absolute atomic E-state index is 0.282. The topological polar surface area (TPSA) is 131 Å². The number of primary amides is 1. The molecule has 0 heterocycles. The molecule has 0 aromatic heterocycles. The zero-order valence-corrected chi connectivity index (χ0v) is 25.0. The standard InChI is InChI=1S/C30H50N4O5/c1-8-10-12-14-19-34(28(37)24(20-25(31)35)33-29(38)39-30(5,6)7)26(27(36)32-18-13-11-9-2)23-17-15-16-21(3)22(23)4/h15-17,24,26H,8-14,18-20H2,1-7H3,(H2,31,35)(H,32,36)(H,33,38). The lowest BCUT2D eigenvalue weighted by atomic mass is 9.94. The van der Waals surface area contributed by atoms with E-state index in [1.165, 1.54) is 4.90 Å². The SMILES string of the molecule is CCCCCCN(C(=O)C(CC(N)=O)NC(=O)OC(C)(C)C)C(C(=O)NCCCCC)c1cccc(C)c1C. The van der Waals surface area contributed by atoms with Gasteiger partial charge in [0.05, 0.1) is 6.42 Å². The van der Waals surface area contributed by atoms with E-state index in [0.29, 0.717) is 18.5 Å². The molecule has 2 unspecified atom stereocenters. The smallest absolute Gasteiger partial charge is 0.408 e. The van der Waals surface area contributed by atoms with Crippen LogP contribution in [0.15, 0.2) is 18.2 Å². The van der Waals surface area contributed by atoms with Crippen molar-refractivity contribution in [3.05, 3.63) is 34.9 Å². The maximum atomic E-state index is 14.1. The predicted molar refractivity (Wildman–Crippen MR) is 154 cm³/mol. The van der Waals surface area contributed by atoms with E-state index in [1.54, 1.807) is 20.8 Å². The number of hydrogen-bond donors (Lipinski definition) is 3. The van der Waals surface area contributed by atoms with E-state index in [9.17, 15) is 19.2 Å². The van der Waals surface area contributed by atoms with Crippen molar-refractivity contribution in [1.29, 1.82) is 0 Å². The summed E-state index contributed by atoms with van der Waals surface area (Å²) in [6, 6.07) is 3.48. The molecule has 1 aromatic rings. The van der Waals surface area contributed by atoms with Gasteiger partial charge in [-0.05, 0) is 64.2 Å². The minimum Gasteiger partial charge on any atom is -0.444 e. The first-order chi connectivity index (χ1) is 18.3. The summed E-state index contributed by atoms with van der Waals surface area (Å²) in [4.78, 5) is 53.9. The fourth-order valence-corrected chi connectivity index (χ4v) is 4.33. The number of unbranched alkanes of at least 4 members (excludes halogenated alkanes) is 5. The number of hydrogen-bond acceptors (Lipinski definition) is 5. The summed E-state index contributed by atoms with van der Waals surface area (Å²) >= 11 is 0. The van der Waals surface area contributed by atoms with Crippen molar-refractivity contribution in [1.82, 2.24) is 15.5 Å². The van der Waals surface area contributed by atoms with Gasteiger partial charge in [0, 0.05) is 13.1 Å². The van der Waals surface area contributed by atoms with Gasteiger partial charge in [-0.25, -0.2) is 4.79 Å². The molecule has 0 fully saturated rings. The Labute approximate surface area is 234 Å². The molecule has 9 nitrogen and oxygen atoms in total. The maximum Gasteiger partial charge on any atom is 0.408 e. The van der Waals surface area contributed by atoms with Crippen LogP contribution in [0.2, 0.25) is 0 Å². The average Bonchev–Trinajstić information content (AvgIpc) is 2.83. The highest BCUT2D eigenvalue weighted by atomic mass is 16.6. The van der Waals surface area contributed by atoms with E-state index in [-0.39, 0.29) is 12.5 Å². The summed E-state index contributed by atoms with van der Waals surface area (Å²) in [5, 5.41) is 5.55. The summed E-state index contributed by atoms with van der Waals surface area (Å²) < 4.78 is 5.34. The minimum atomic E-state index is -1.27. The van der Waals surface area contributed by atoms with Gasteiger partial charge < -0.3 is 26.0 Å². The number of alkyl carbamates (subject to hydrolysis) is 1. The third kappa shape index (κ3) is 12.1. The fraction of sp³-hybridized carbons (Fsp3) is 0.667. The van der Waals surface area contributed by atoms with E-state index < -0.39 is 42.0 Å². The number of carbonyl (C=O) groups excluding carboxylic acids is 4. The predicted octanol–water partition coefficient (Wildman–Crippen LogP) is 4.83. The first kappa shape index (κ1) is 33.9. The lowest BCUT2D eigenvalue weighted by Gasteiger charge is -2.35. The molecule has 0 bridgehead atoms. The summed E-state index contributed by atoms with van der Waals surface area (Å²) in [6.07, 6.45) is 5.12. The Hall–Kier alpha value is -3.10. The van der Waals surface area contributed by atoms with E-state index in [4.69, 9.17) is 10.5 Å².